The second-order valence-electron chi connectivity index (χ2n) is 5.56. The third-order valence-corrected chi connectivity index (χ3v) is 4.57. The molecule has 0 aromatic carbocycles. The summed E-state index contributed by atoms with van der Waals surface area (Å²) in [6.45, 7) is 6.91. The molecule has 0 aliphatic carbocycles. The summed E-state index contributed by atoms with van der Waals surface area (Å²) in [5.74, 6) is 0.894. The van der Waals surface area contributed by atoms with Crippen molar-refractivity contribution in [1.29, 1.82) is 0 Å². The lowest BCUT2D eigenvalue weighted by Gasteiger charge is -2.16. The van der Waals surface area contributed by atoms with Crippen LogP contribution in [0, 0.1) is 5.92 Å². The van der Waals surface area contributed by atoms with Gasteiger partial charge in [-0.05, 0) is 31.6 Å². The van der Waals surface area contributed by atoms with Crippen LogP contribution in [0.15, 0.2) is 0 Å². The molecule has 0 aromatic heterocycles. The van der Waals surface area contributed by atoms with Gasteiger partial charge in [0, 0.05) is 9.97 Å². The maximum absolute atomic E-state index is 6.02. The normalized spacial score (nSPS) is 16.8. The standard InChI is InChI=1S/C15H32IN/c1-4-8-14(16)12-13(3)10-6-7-11-15(17)9-5-2/h13-15H,4-12,17H2,1-3H3. The Morgan fingerprint density at radius 1 is 0.941 bits per heavy atom. The summed E-state index contributed by atoms with van der Waals surface area (Å²) >= 11 is 2.62. The van der Waals surface area contributed by atoms with Gasteiger partial charge in [-0.1, -0.05) is 75.5 Å². The van der Waals surface area contributed by atoms with Crippen molar-refractivity contribution in [3.8, 4) is 0 Å². The van der Waals surface area contributed by atoms with Gasteiger partial charge < -0.3 is 5.73 Å². The van der Waals surface area contributed by atoms with Crippen LogP contribution in [0.4, 0.5) is 0 Å². The van der Waals surface area contributed by atoms with Gasteiger partial charge in [-0.25, -0.2) is 0 Å². The number of halogens is 1. The maximum Gasteiger partial charge on any atom is 0.0112 e. The first kappa shape index (κ1) is 17.7. The van der Waals surface area contributed by atoms with Gasteiger partial charge >= 0.3 is 0 Å². The average molecular weight is 353 g/mol. The number of rotatable bonds is 11. The van der Waals surface area contributed by atoms with Crippen LogP contribution in [0.5, 0.6) is 0 Å². The van der Waals surface area contributed by atoms with Gasteiger partial charge in [0.25, 0.3) is 0 Å². The molecule has 2 N–H and O–H groups in total. The zero-order valence-electron chi connectivity index (χ0n) is 12.1. The largest absolute Gasteiger partial charge is 0.328 e. The number of hydrogen-bond donors (Lipinski definition) is 1. The van der Waals surface area contributed by atoms with Gasteiger partial charge in [-0.2, -0.15) is 0 Å². The zero-order valence-corrected chi connectivity index (χ0v) is 14.2. The highest BCUT2D eigenvalue weighted by Crippen LogP contribution is 2.22. The Balaban J connectivity index is 3.41. The molecule has 0 fully saturated rings. The van der Waals surface area contributed by atoms with E-state index in [0.717, 1.165) is 9.84 Å². The lowest BCUT2D eigenvalue weighted by atomic mass is 9.95. The number of nitrogens with two attached hydrogens (primary N) is 1. The van der Waals surface area contributed by atoms with Crippen LogP contribution in [0.1, 0.15) is 78.6 Å². The molecule has 0 aliphatic heterocycles. The fraction of sp³-hybridized carbons (Fsp3) is 1.00. The Labute approximate surface area is 122 Å². The fourth-order valence-electron chi connectivity index (χ4n) is 2.40. The summed E-state index contributed by atoms with van der Waals surface area (Å²) in [5, 5.41) is 0. The van der Waals surface area contributed by atoms with Crippen LogP contribution in [0.3, 0.4) is 0 Å². The molecule has 0 bridgehead atoms. The highest BCUT2D eigenvalue weighted by molar-refractivity contribution is 14.1. The number of alkyl halides is 1. The molecule has 3 atom stereocenters. The molecular weight excluding hydrogens is 321 g/mol. The SMILES string of the molecule is CCCC(N)CCCCC(C)CC(I)CCC. The maximum atomic E-state index is 6.02. The van der Waals surface area contributed by atoms with E-state index < -0.39 is 0 Å². The van der Waals surface area contributed by atoms with Crippen LogP contribution in [0.2, 0.25) is 0 Å². The zero-order chi connectivity index (χ0) is 13.1. The molecule has 0 rings (SSSR count). The first-order valence-electron chi connectivity index (χ1n) is 7.49. The molecule has 0 heterocycles. The lowest BCUT2D eigenvalue weighted by Crippen LogP contribution is -2.19. The number of hydrogen-bond acceptors (Lipinski definition) is 1. The van der Waals surface area contributed by atoms with E-state index in [0.29, 0.717) is 6.04 Å². The molecule has 0 aromatic rings. The Morgan fingerprint density at radius 2 is 1.53 bits per heavy atom. The van der Waals surface area contributed by atoms with E-state index in [4.69, 9.17) is 5.73 Å². The van der Waals surface area contributed by atoms with Gasteiger partial charge in [0.05, 0.1) is 0 Å². The topological polar surface area (TPSA) is 26.0 Å². The van der Waals surface area contributed by atoms with Crippen LogP contribution in [-0.4, -0.2) is 9.97 Å². The van der Waals surface area contributed by atoms with Crippen molar-refractivity contribution in [1.82, 2.24) is 0 Å². The molecular formula is C15H32IN. The summed E-state index contributed by atoms with van der Waals surface area (Å²) in [4.78, 5) is 0. The Morgan fingerprint density at radius 3 is 2.12 bits per heavy atom. The van der Waals surface area contributed by atoms with Crippen molar-refractivity contribution in [2.45, 2.75) is 88.5 Å². The van der Waals surface area contributed by atoms with E-state index in [1.54, 1.807) is 0 Å². The van der Waals surface area contributed by atoms with E-state index in [1.165, 1.54) is 57.8 Å². The molecule has 3 unspecified atom stereocenters. The summed E-state index contributed by atoms with van der Waals surface area (Å²) in [7, 11) is 0. The molecule has 0 aliphatic rings. The predicted octanol–water partition coefficient (Wildman–Crippen LogP) is 5.30. The molecule has 0 saturated heterocycles. The van der Waals surface area contributed by atoms with Gasteiger partial charge in [-0.3, -0.25) is 0 Å². The number of unbranched alkanes of at least 4 members (excludes halogenated alkanes) is 1. The summed E-state index contributed by atoms with van der Waals surface area (Å²) in [5.41, 5.74) is 6.02. The third kappa shape index (κ3) is 11.5. The van der Waals surface area contributed by atoms with Crippen molar-refractivity contribution >= 4 is 22.6 Å². The fourth-order valence-corrected chi connectivity index (χ4v) is 3.89. The Bertz CT molecular complexity index is 161. The van der Waals surface area contributed by atoms with Crippen molar-refractivity contribution in [3.05, 3.63) is 0 Å². The molecule has 0 saturated carbocycles. The van der Waals surface area contributed by atoms with Crippen molar-refractivity contribution in [2.24, 2.45) is 11.7 Å². The summed E-state index contributed by atoms with van der Waals surface area (Å²) in [6, 6.07) is 0.452. The second kappa shape index (κ2) is 11.8. The quantitative estimate of drug-likeness (QED) is 0.304. The lowest BCUT2D eigenvalue weighted by molar-refractivity contribution is 0.437. The molecule has 1 nitrogen and oxygen atoms in total. The minimum absolute atomic E-state index is 0.452. The van der Waals surface area contributed by atoms with E-state index >= 15 is 0 Å². The minimum atomic E-state index is 0.452. The molecule has 17 heavy (non-hydrogen) atoms. The Hall–Kier alpha value is 0.690. The van der Waals surface area contributed by atoms with Crippen molar-refractivity contribution in [3.63, 3.8) is 0 Å². The molecule has 0 spiro atoms. The Kier molecular flexibility index (Phi) is 12.2. The van der Waals surface area contributed by atoms with Crippen LogP contribution in [0.25, 0.3) is 0 Å². The smallest absolute Gasteiger partial charge is 0.0112 e. The van der Waals surface area contributed by atoms with E-state index in [1.807, 2.05) is 0 Å². The third-order valence-electron chi connectivity index (χ3n) is 3.44. The monoisotopic (exact) mass is 353 g/mol. The van der Waals surface area contributed by atoms with Crippen LogP contribution < -0.4 is 5.73 Å². The minimum Gasteiger partial charge on any atom is -0.328 e. The first-order chi connectivity index (χ1) is 8.10. The molecule has 104 valence electrons. The van der Waals surface area contributed by atoms with Crippen LogP contribution >= 0.6 is 22.6 Å². The van der Waals surface area contributed by atoms with Crippen molar-refractivity contribution < 1.29 is 0 Å². The van der Waals surface area contributed by atoms with Gasteiger partial charge in [0.1, 0.15) is 0 Å². The second-order valence-corrected chi connectivity index (χ2v) is 7.32. The molecule has 0 radical (unpaired) electrons. The summed E-state index contributed by atoms with van der Waals surface area (Å²) < 4.78 is 0.884. The highest BCUT2D eigenvalue weighted by Gasteiger charge is 2.09. The summed E-state index contributed by atoms with van der Waals surface area (Å²) in [6.07, 6.45) is 11.8. The van der Waals surface area contributed by atoms with E-state index in [-0.39, 0.29) is 0 Å². The van der Waals surface area contributed by atoms with E-state index in [2.05, 4.69) is 43.4 Å². The molecule has 0 amide bonds. The predicted molar refractivity (Wildman–Crippen MR) is 87.8 cm³/mol. The van der Waals surface area contributed by atoms with Crippen molar-refractivity contribution in [2.75, 3.05) is 0 Å². The first-order valence-corrected chi connectivity index (χ1v) is 8.74. The molecule has 2 heteroatoms. The van der Waals surface area contributed by atoms with Gasteiger partial charge in [0.2, 0.25) is 0 Å². The van der Waals surface area contributed by atoms with Gasteiger partial charge in [0.15, 0.2) is 0 Å². The van der Waals surface area contributed by atoms with E-state index in [9.17, 15) is 0 Å². The van der Waals surface area contributed by atoms with Gasteiger partial charge in [-0.15, -0.1) is 0 Å². The highest BCUT2D eigenvalue weighted by atomic mass is 127. The van der Waals surface area contributed by atoms with Crippen LogP contribution in [-0.2, 0) is 0 Å². The average Bonchev–Trinajstić information content (AvgIpc) is 2.25.